The number of aliphatic hydroxyl groups excluding tert-OH is 1. The number of nitrogens with zero attached hydrogens (tertiary/aromatic N) is 4. The largest absolute Gasteiger partial charge is 0.467 e. The van der Waals surface area contributed by atoms with Crippen molar-refractivity contribution in [3.8, 4) is 16.8 Å². The lowest BCUT2D eigenvalue weighted by atomic mass is 9.91. The van der Waals surface area contributed by atoms with Crippen LogP contribution in [0.3, 0.4) is 0 Å². The van der Waals surface area contributed by atoms with Crippen LogP contribution in [0.15, 0.2) is 139 Å². The number of aliphatic hydroxyl groups is 1. The number of aromatic nitrogens is 4. The third kappa shape index (κ3) is 9.94. The van der Waals surface area contributed by atoms with E-state index in [-0.39, 0.29) is 31.3 Å². The van der Waals surface area contributed by atoms with Crippen molar-refractivity contribution in [1.82, 2.24) is 30.8 Å². The van der Waals surface area contributed by atoms with Crippen LogP contribution < -0.4 is 10.6 Å². The predicted octanol–water partition coefficient (Wildman–Crippen LogP) is 6.99. The number of thioether (sulfide) groups is 1. The Labute approximate surface area is 335 Å². The summed E-state index contributed by atoms with van der Waals surface area (Å²) in [4.78, 5) is 25.3. The first kappa shape index (κ1) is 39.4. The number of urea groups is 1. The second-order valence-corrected chi connectivity index (χ2v) is 14.7. The molecule has 0 spiro atoms. The molecule has 57 heavy (non-hydrogen) atoms. The van der Waals surface area contributed by atoms with Crippen molar-refractivity contribution in [2.24, 2.45) is 5.92 Å². The van der Waals surface area contributed by atoms with Crippen LogP contribution in [0.5, 0.6) is 0 Å². The van der Waals surface area contributed by atoms with Crippen LogP contribution in [0, 0.1) is 5.92 Å². The molecule has 2 heterocycles. The first-order valence-electron chi connectivity index (χ1n) is 18.7. The molecule has 0 radical (unpaired) electrons. The van der Waals surface area contributed by atoms with Crippen LogP contribution in [0.25, 0.3) is 16.8 Å². The summed E-state index contributed by atoms with van der Waals surface area (Å²) >= 11 is 1.53. The van der Waals surface area contributed by atoms with Gasteiger partial charge in [-0.2, -0.15) is 4.68 Å². The van der Waals surface area contributed by atoms with Gasteiger partial charge in [0, 0.05) is 30.2 Å². The molecule has 292 valence electrons. The molecule has 13 heteroatoms. The molecule has 5 atom stereocenters. The number of carbonyl (C=O) groups is 2. The van der Waals surface area contributed by atoms with E-state index in [1.54, 1.807) is 4.68 Å². The van der Waals surface area contributed by atoms with E-state index in [2.05, 4.69) is 33.1 Å². The van der Waals surface area contributed by atoms with E-state index in [1.165, 1.54) is 18.9 Å². The monoisotopic (exact) mass is 784 g/mol. The van der Waals surface area contributed by atoms with E-state index in [0.29, 0.717) is 17.3 Å². The SMILES string of the molecule is COC(=O)[C@H](Cc1ccccc1)NC(=O)NCc1cccc(-c2ccc([C@@H]3O[C@H](CSc4nnnn4-c4ccccc4)[C@H](C)[C@H](c4ccc(CO)cc4)O3)cc2)c1. The maximum absolute atomic E-state index is 12.9. The van der Waals surface area contributed by atoms with E-state index in [1.807, 2.05) is 133 Å². The summed E-state index contributed by atoms with van der Waals surface area (Å²) < 4.78 is 20.0. The van der Waals surface area contributed by atoms with Gasteiger partial charge >= 0.3 is 12.0 Å². The molecule has 5 aromatic carbocycles. The quantitative estimate of drug-likeness (QED) is 0.0780. The Bertz CT molecular complexity index is 2220. The van der Waals surface area contributed by atoms with Gasteiger partial charge in [0.05, 0.1) is 31.6 Å². The first-order valence-corrected chi connectivity index (χ1v) is 19.7. The smallest absolute Gasteiger partial charge is 0.328 e. The van der Waals surface area contributed by atoms with E-state index in [4.69, 9.17) is 14.2 Å². The van der Waals surface area contributed by atoms with Gasteiger partial charge in [0.1, 0.15) is 6.04 Å². The maximum atomic E-state index is 12.9. The molecule has 6 aromatic rings. The first-order chi connectivity index (χ1) is 27.9. The zero-order valence-electron chi connectivity index (χ0n) is 31.6. The number of amides is 2. The molecule has 1 saturated heterocycles. The molecule has 1 aliphatic rings. The van der Waals surface area contributed by atoms with Gasteiger partial charge in [0.15, 0.2) is 6.29 Å². The summed E-state index contributed by atoms with van der Waals surface area (Å²) in [6, 6.07) is 41.8. The summed E-state index contributed by atoms with van der Waals surface area (Å²) in [5.41, 5.74) is 7.35. The minimum absolute atomic E-state index is 0.0114. The molecule has 1 aliphatic heterocycles. The Morgan fingerprint density at radius 1 is 0.825 bits per heavy atom. The van der Waals surface area contributed by atoms with Gasteiger partial charge in [-0.15, -0.1) is 5.10 Å². The third-order valence-electron chi connectivity index (χ3n) is 9.91. The second kappa shape index (κ2) is 18.9. The number of benzene rings is 5. The normalized spacial score (nSPS) is 18.4. The Morgan fingerprint density at radius 2 is 1.53 bits per heavy atom. The van der Waals surface area contributed by atoms with Gasteiger partial charge in [-0.1, -0.05) is 134 Å². The molecule has 1 aromatic heterocycles. The molecule has 12 nitrogen and oxygen atoms in total. The van der Waals surface area contributed by atoms with Crippen LogP contribution in [-0.2, 0) is 38.6 Å². The minimum Gasteiger partial charge on any atom is -0.467 e. The lowest BCUT2D eigenvalue weighted by Crippen LogP contribution is -2.47. The number of ether oxygens (including phenoxy) is 3. The maximum Gasteiger partial charge on any atom is 0.328 e. The average Bonchev–Trinajstić information content (AvgIpc) is 3.74. The van der Waals surface area contributed by atoms with Crippen LogP contribution in [0.1, 0.15) is 47.1 Å². The topological polar surface area (TPSA) is 150 Å². The Hall–Kier alpha value is -5.86. The fourth-order valence-electron chi connectivity index (χ4n) is 6.74. The van der Waals surface area contributed by atoms with E-state index < -0.39 is 24.3 Å². The molecule has 0 unspecified atom stereocenters. The van der Waals surface area contributed by atoms with Gasteiger partial charge in [0.25, 0.3) is 0 Å². The van der Waals surface area contributed by atoms with Gasteiger partial charge in [0.2, 0.25) is 5.16 Å². The van der Waals surface area contributed by atoms with E-state index in [9.17, 15) is 14.7 Å². The number of hydrogen-bond donors (Lipinski definition) is 3. The highest BCUT2D eigenvalue weighted by Crippen LogP contribution is 2.43. The highest BCUT2D eigenvalue weighted by Gasteiger charge is 2.38. The summed E-state index contributed by atoms with van der Waals surface area (Å²) in [6.07, 6.45) is -0.802. The lowest BCUT2D eigenvalue weighted by Gasteiger charge is -2.41. The number of nitrogens with one attached hydrogen (secondary N) is 2. The summed E-state index contributed by atoms with van der Waals surface area (Å²) in [5.74, 6) is 0.0661. The summed E-state index contributed by atoms with van der Waals surface area (Å²) in [6.45, 7) is 2.36. The number of tetrazole rings is 1. The Kier molecular flexibility index (Phi) is 13.0. The number of esters is 1. The van der Waals surface area contributed by atoms with Gasteiger partial charge in [-0.3, -0.25) is 0 Å². The number of methoxy groups -OCH3 is 1. The minimum atomic E-state index is -0.822. The zero-order chi connectivity index (χ0) is 39.6. The number of rotatable bonds is 14. The lowest BCUT2D eigenvalue weighted by molar-refractivity contribution is -0.268. The van der Waals surface area contributed by atoms with Crippen molar-refractivity contribution in [3.05, 3.63) is 161 Å². The molecular weight excluding hydrogens is 741 g/mol. The molecule has 7 rings (SSSR count). The van der Waals surface area contributed by atoms with Crippen molar-refractivity contribution < 1.29 is 28.9 Å². The predicted molar refractivity (Wildman–Crippen MR) is 216 cm³/mol. The molecule has 0 saturated carbocycles. The molecule has 1 fully saturated rings. The van der Waals surface area contributed by atoms with Crippen molar-refractivity contribution in [2.75, 3.05) is 12.9 Å². The number of carbonyl (C=O) groups excluding carboxylic acids is 2. The van der Waals surface area contributed by atoms with Crippen molar-refractivity contribution in [1.29, 1.82) is 0 Å². The highest BCUT2D eigenvalue weighted by atomic mass is 32.2. The highest BCUT2D eigenvalue weighted by molar-refractivity contribution is 7.99. The molecule has 0 bridgehead atoms. The Balaban J connectivity index is 1.03. The van der Waals surface area contributed by atoms with Crippen molar-refractivity contribution in [2.45, 2.75) is 56.2 Å². The summed E-state index contributed by atoms with van der Waals surface area (Å²) in [7, 11) is 1.31. The van der Waals surface area contributed by atoms with E-state index >= 15 is 0 Å². The number of hydrogen-bond acceptors (Lipinski definition) is 10. The van der Waals surface area contributed by atoms with Gasteiger partial charge < -0.3 is 30.0 Å². The molecule has 2 amide bonds. The fraction of sp³-hybridized carbons (Fsp3) is 0.250. The zero-order valence-corrected chi connectivity index (χ0v) is 32.4. The van der Waals surface area contributed by atoms with Crippen molar-refractivity contribution in [3.63, 3.8) is 0 Å². The van der Waals surface area contributed by atoms with Crippen LogP contribution in [0.4, 0.5) is 4.79 Å². The fourth-order valence-corrected chi connectivity index (χ4v) is 7.79. The van der Waals surface area contributed by atoms with Crippen LogP contribution in [-0.4, -0.2) is 62.3 Å². The van der Waals surface area contributed by atoms with Crippen LogP contribution >= 0.6 is 11.8 Å². The Morgan fingerprint density at radius 3 is 2.25 bits per heavy atom. The average molecular weight is 785 g/mol. The number of para-hydroxylation sites is 1. The molecule has 3 N–H and O–H groups in total. The standard InChI is InChI=1S/C44H44N6O6S/c1-29-39(28-57-44-47-48-49-50(44)37-14-7-4-8-15-37)55-42(56-40(29)34-18-16-31(27-51)17-19-34)35-22-20-33(21-23-35)36-13-9-12-32(24-36)26-45-43(53)46-38(41(52)54-2)25-30-10-5-3-6-11-30/h3-24,29,38-40,42,51H,25-28H2,1-2H3,(H2,45,46,53)/t29-,38-,39+,40+,42+/m0/s1. The summed E-state index contributed by atoms with van der Waals surface area (Å²) in [5, 5.41) is 28.4. The van der Waals surface area contributed by atoms with Crippen molar-refractivity contribution >= 4 is 23.8 Å². The van der Waals surface area contributed by atoms with E-state index in [0.717, 1.165) is 44.6 Å². The molecule has 0 aliphatic carbocycles. The third-order valence-corrected chi connectivity index (χ3v) is 10.9. The van der Waals surface area contributed by atoms with Crippen LogP contribution in [0.2, 0.25) is 0 Å². The van der Waals surface area contributed by atoms with Gasteiger partial charge in [-0.25, -0.2) is 9.59 Å². The second-order valence-electron chi connectivity index (χ2n) is 13.8. The molecular formula is C44H44N6O6S. The van der Waals surface area contributed by atoms with Gasteiger partial charge in [-0.05, 0) is 62.0 Å².